The number of aliphatic hydroxyl groups excluding tert-OH is 1. The van der Waals surface area contributed by atoms with Gasteiger partial charge < -0.3 is 10.4 Å². The van der Waals surface area contributed by atoms with Gasteiger partial charge in [0, 0.05) is 17.3 Å². The minimum atomic E-state index is 0.253. The average Bonchev–Trinajstić information content (AvgIpc) is 2.34. The largest absolute Gasteiger partial charge is 0.395 e. The fraction of sp³-hybridized carbons (Fsp3) is 0.625. The van der Waals surface area contributed by atoms with Gasteiger partial charge in [-0.05, 0) is 44.4 Å². The highest BCUT2D eigenvalue weighted by Crippen LogP contribution is 2.37. The zero-order valence-electron chi connectivity index (χ0n) is 12.1. The normalized spacial score (nSPS) is 25.7. The molecule has 0 spiro atoms. The number of rotatable bonds is 6. The Morgan fingerprint density at radius 3 is 2.74 bits per heavy atom. The Morgan fingerprint density at radius 2 is 2.16 bits per heavy atom. The van der Waals surface area contributed by atoms with E-state index in [9.17, 15) is 5.11 Å². The third-order valence-electron chi connectivity index (χ3n) is 4.19. The zero-order chi connectivity index (χ0) is 13.8. The molecule has 0 heterocycles. The van der Waals surface area contributed by atoms with E-state index in [0.29, 0.717) is 23.3 Å². The van der Waals surface area contributed by atoms with Crippen LogP contribution in [0, 0.1) is 6.92 Å². The van der Waals surface area contributed by atoms with Crippen LogP contribution in [0.4, 0.5) is 0 Å². The van der Waals surface area contributed by atoms with Gasteiger partial charge in [-0.1, -0.05) is 29.8 Å². The van der Waals surface area contributed by atoms with Crippen molar-refractivity contribution in [3.05, 3.63) is 35.4 Å². The number of aliphatic hydroxyl groups is 1. The molecule has 2 unspecified atom stereocenters. The molecule has 0 aliphatic heterocycles. The summed E-state index contributed by atoms with van der Waals surface area (Å²) >= 11 is 1.74. The Bertz CT molecular complexity index is 399. The molecule has 2 nitrogen and oxygen atoms in total. The van der Waals surface area contributed by atoms with Crippen molar-refractivity contribution in [3.63, 3.8) is 0 Å². The van der Waals surface area contributed by atoms with E-state index in [2.05, 4.69) is 49.7 Å². The fourth-order valence-electron chi connectivity index (χ4n) is 2.87. The molecule has 2 rings (SSSR count). The van der Waals surface area contributed by atoms with Crippen LogP contribution >= 0.6 is 11.8 Å². The van der Waals surface area contributed by atoms with E-state index in [1.54, 1.807) is 11.8 Å². The SMILES string of the molecule is CSC(CO)C(C)NC1CC(c2cccc(C)c2)C1. The van der Waals surface area contributed by atoms with Crippen molar-refractivity contribution in [2.45, 2.75) is 49.9 Å². The molecule has 106 valence electrons. The van der Waals surface area contributed by atoms with E-state index in [0.717, 1.165) is 0 Å². The molecule has 0 saturated heterocycles. The van der Waals surface area contributed by atoms with Crippen molar-refractivity contribution in [2.24, 2.45) is 0 Å². The Kier molecular flexibility index (Phi) is 5.31. The minimum absolute atomic E-state index is 0.253. The zero-order valence-corrected chi connectivity index (χ0v) is 12.9. The lowest BCUT2D eigenvalue weighted by molar-refractivity contribution is 0.235. The highest BCUT2D eigenvalue weighted by Gasteiger charge is 2.32. The maximum absolute atomic E-state index is 9.30. The van der Waals surface area contributed by atoms with Crippen molar-refractivity contribution in [2.75, 3.05) is 12.9 Å². The highest BCUT2D eigenvalue weighted by molar-refractivity contribution is 7.99. The monoisotopic (exact) mass is 279 g/mol. The van der Waals surface area contributed by atoms with Crippen LogP contribution in [0.25, 0.3) is 0 Å². The van der Waals surface area contributed by atoms with Crippen molar-refractivity contribution in [3.8, 4) is 0 Å². The summed E-state index contributed by atoms with van der Waals surface area (Å²) in [6.07, 6.45) is 4.51. The molecule has 1 fully saturated rings. The van der Waals surface area contributed by atoms with E-state index < -0.39 is 0 Å². The van der Waals surface area contributed by atoms with Gasteiger partial charge in [-0.25, -0.2) is 0 Å². The molecule has 3 heteroatoms. The Hall–Kier alpha value is -0.510. The second-order valence-corrected chi connectivity index (χ2v) is 6.77. The predicted octanol–water partition coefficient (Wildman–Crippen LogP) is 2.94. The molecular weight excluding hydrogens is 254 g/mol. The van der Waals surface area contributed by atoms with Crippen LogP contribution < -0.4 is 5.32 Å². The summed E-state index contributed by atoms with van der Waals surface area (Å²) in [5, 5.41) is 13.3. The number of thioether (sulfide) groups is 1. The van der Waals surface area contributed by atoms with Crippen molar-refractivity contribution >= 4 is 11.8 Å². The predicted molar refractivity (Wildman–Crippen MR) is 83.9 cm³/mol. The molecule has 1 aromatic rings. The maximum Gasteiger partial charge on any atom is 0.0564 e. The first kappa shape index (κ1) is 14.9. The van der Waals surface area contributed by atoms with Crippen LogP contribution in [0.3, 0.4) is 0 Å². The van der Waals surface area contributed by atoms with Crippen molar-refractivity contribution in [1.82, 2.24) is 5.32 Å². The smallest absolute Gasteiger partial charge is 0.0564 e. The van der Waals surface area contributed by atoms with Crippen LogP contribution in [-0.4, -0.2) is 35.3 Å². The summed E-state index contributed by atoms with van der Waals surface area (Å²) in [4.78, 5) is 0. The standard InChI is InChI=1S/C16H25NOS/c1-11-5-4-6-13(7-11)14-8-15(9-14)17-12(2)16(10-18)19-3/h4-7,12,14-18H,8-10H2,1-3H3. The first-order valence-electron chi connectivity index (χ1n) is 7.10. The molecule has 1 aromatic carbocycles. The van der Waals surface area contributed by atoms with Gasteiger partial charge in [0.1, 0.15) is 0 Å². The molecule has 0 bridgehead atoms. The third-order valence-corrected chi connectivity index (χ3v) is 5.35. The number of nitrogens with one attached hydrogen (secondary N) is 1. The van der Waals surface area contributed by atoms with Gasteiger partial charge >= 0.3 is 0 Å². The number of aryl methyl sites for hydroxylation is 1. The van der Waals surface area contributed by atoms with Crippen LogP contribution in [0.1, 0.15) is 36.8 Å². The molecule has 0 aromatic heterocycles. The van der Waals surface area contributed by atoms with Gasteiger partial charge in [0.05, 0.1) is 6.61 Å². The van der Waals surface area contributed by atoms with E-state index in [-0.39, 0.29) is 6.61 Å². The lowest BCUT2D eigenvalue weighted by Gasteiger charge is -2.39. The van der Waals surface area contributed by atoms with Crippen molar-refractivity contribution in [1.29, 1.82) is 0 Å². The molecule has 1 aliphatic carbocycles. The average molecular weight is 279 g/mol. The van der Waals surface area contributed by atoms with Crippen LogP contribution in [0.2, 0.25) is 0 Å². The van der Waals surface area contributed by atoms with E-state index >= 15 is 0 Å². The minimum Gasteiger partial charge on any atom is -0.395 e. The van der Waals surface area contributed by atoms with Gasteiger partial charge in [0.2, 0.25) is 0 Å². The van der Waals surface area contributed by atoms with Crippen molar-refractivity contribution < 1.29 is 5.11 Å². The highest BCUT2D eigenvalue weighted by atomic mass is 32.2. The molecule has 0 radical (unpaired) electrons. The molecule has 19 heavy (non-hydrogen) atoms. The van der Waals surface area contributed by atoms with E-state index in [1.165, 1.54) is 24.0 Å². The third kappa shape index (κ3) is 3.74. The molecule has 1 aliphatic rings. The Morgan fingerprint density at radius 1 is 1.42 bits per heavy atom. The van der Waals surface area contributed by atoms with Gasteiger partial charge in [0.25, 0.3) is 0 Å². The molecule has 0 amide bonds. The Balaban J connectivity index is 1.80. The first-order chi connectivity index (χ1) is 9.13. The summed E-state index contributed by atoms with van der Waals surface area (Å²) in [7, 11) is 0. The van der Waals surface area contributed by atoms with Gasteiger partial charge in [-0.15, -0.1) is 0 Å². The summed E-state index contributed by atoms with van der Waals surface area (Å²) in [6, 6.07) is 9.86. The maximum atomic E-state index is 9.30. The number of hydrogen-bond acceptors (Lipinski definition) is 3. The van der Waals surface area contributed by atoms with E-state index in [4.69, 9.17) is 0 Å². The molecule has 1 saturated carbocycles. The lowest BCUT2D eigenvalue weighted by atomic mass is 9.75. The van der Waals surface area contributed by atoms with E-state index in [1.807, 2.05) is 0 Å². The van der Waals surface area contributed by atoms with Crippen LogP contribution in [0.5, 0.6) is 0 Å². The summed E-state index contributed by atoms with van der Waals surface area (Å²) in [5.41, 5.74) is 2.83. The lowest BCUT2D eigenvalue weighted by Crippen LogP contribution is -2.48. The first-order valence-corrected chi connectivity index (χ1v) is 8.39. The summed E-state index contributed by atoms with van der Waals surface area (Å²) in [5.74, 6) is 0.714. The topological polar surface area (TPSA) is 32.3 Å². The quantitative estimate of drug-likeness (QED) is 0.840. The van der Waals surface area contributed by atoms with Gasteiger partial charge in [-0.3, -0.25) is 0 Å². The van der Waals surface area contributed by atoms with Gasteiger partial charge in [0.15, 0.2) is 0 Å². The summed E-state index contributed by atoms with van der Waals surface area (Å²) < 4.78 is 0. The number of benzene rings is 1. The second kappa shape index (κ2) is 6.78. The molecule has 2 N–H and O–H groups in total. The molecule has 2 atom stereocenters. The Labute approximate surface area is 121 Å². The fourth-order valence-corrected chi connectivity index (χ4v) is 3.50. The van der Waals surface area contributed by atoms with Crippen LogP contribution in [0.15, 0.2) is 24.3 Å². The van der Waals surface area contributed by atoms with Crippen LogP contribution in [-0.2, 0) is 0 Å². The second-order valence-electron chi connectivity index (χ2n) is 5.69. The molecular formula is C16H25NOS. The van der Waals surface area contributed by atoms with Gasteiger partial charge in [-0.2, -0.15) is 11.8 Å². The summed E-state index contributed by atoms with van der Waals surface area (Å²) in [6.45, 7) is 4.59. The number of hydrogen-bond donors (Lipinski definition) is 2.